The minimum absolute atomic E-state index is 0.0299. The van der Waals surface area contributed by atoms with Crippen LogP contribution in [0.15, 0.2) is 77.8 Å². The van der Waals surface area contributed by atoms with Gasteiger partial charge in [-0.25, -0.2) is 4.99 Å². The number of fused-ring (bicyclic) bond motifs is 1. The quantitative estimate of drug-likeness (QED) is 0.467. The number of benzene rings is 3. The number of rotatable bonds is 8. The third-order valence-corrected chi connectivity index (χ3v) is 6.77. The van der Waals surface area contributed by atoms with Crippen LogP contribution >= 0.6 is 11.8 Å². The Kier molecular flexibility index (Phi) is 7.08. The highest BCUT2D eigenvalue weighted by atomic mass is 32.2. The SMILES string of the molecule is CCOc1ccc(NC(=O)C[C@@H]2SC(=Nc3ccccc3)N(Cc3ccc4c(c3)OCO4)C2=O)cc1. The van der Waals surface area contributed by atoms with Crippen molar-refractivity contribution in [3.05, 3.63) is 78.4 Å². The van der Waals surface area contributed by atoms with Crippen molar-refractivity contribution >= 4 is 40.1 Å². The van der Waals surface area contributed by atoms with E-state index in [9.17, 15) is 9.59 Å². The summed E-state index contributed by atoms with van der Waals surface area (Å²) in [5, 5.41) is 2.85. The number of hydrogen-bond donors (Lipinski definition) is 1. The van der Waals surface area contributed by atoms with Gasteiger partial charge in [-0.2, -0.15) is 0 Å². The molecule has 2 amide bonds. The molecule has 9 heteroatoms. The van der Waals surface area contributed by atoms with Gasteiger partial charge in [-0.1, -0.05) is 36.0 Å². The van der Waals surface area contributed by atoms with E-state index in [1.165, 1.54) is 11.8 Å². The van der Waals surface area contributed by atoms with Crippen LogP contribution in [0.2, 0.25) is 0 Å². The predicted octanol–water partition coefficient (Wildman–Crippen LogP) is 4.97. The maximum absolute atomic E-state index is 13.4. The fourth-order valence-corrected chi connectivity index (χ4v) is 5.04. The fourth-order valence-electron chi connectivity index (χ4n) is 3.89. The maximum Gasteiger partial charge on any atom is 0.242 e. The lowest BCUT2D eigenvalue weighted by molar-refractivity contribution is -0.128. The van der Waals surface area contributed by atoms with Gasteiger partial charge >= 0.3 is 0 Å². The van der Waals surface area contributed by atoms with E-state index < -0.39 is 5.25 Å². The molecule has 0 saturated carbocycles. The van der Waals surface area contributed by atoms with Crippen LogP contribution in [0.3, 0.4) is 0 Å². The number of carbonyl (C=O) groups excluding carboxylic acids is 2. The summed E-state index contributed by atoms with van der Waals surface area (Å²) < 4.78 is 16.3. The Morgan fingerprint density at radius 1 is 1.08 bits per heavy atom. The number of nitrogens with one attached hydrogen (secondary N) is 1. The number of thioether (sulfide) groups is 1. The molecule has 0 spiro atoms. The molecule has 36 heavy (non-hydrogen) atoms. The van der Waals surface area contributed by atoms with Gasteiger partial charge in [0.05, 0.1) is 18.8 Å². The first-order chi connectivity index (χ1) is 17.6. The Hall–Kier alpha value is -3.98. The number of amidine groups is 1. The first-order valence-electron chi connectivity index (χ1n) is 11.6. The molecule has 0 aromatic heterocycles. The van der Waals surface area contributed by atoms with Gasteiger partial charge in [0, 0.05) is 12.1 Å². The number of amides is 2. The van der Waals surface area contributed by atoms with Crippen molar-refractivity contribution < 1.29 is 23.8 Å². The molecule has 2 heterocycles. The van der Waals surface area contributed by atoms with Crippen molar-refractivity contribution in [3.63, 3.8) is 0 Å². The van der Waals surface area contributed by atoms with Gasteiger partial charge in [0.1, 0.15) is 11.0 Å². The Labute approximate surface area is 213 Å². The molecule has 3 aromatic rings. The molecular weight excluding hydrogens is 478 g/mol. The van der Waals surface area contributed by atoms with E-state index in [1.54, 1.807) is 29.2 Å². The molecule has 0 bridgehead atoms. The molecule has 0 unspecified atom stereocenters. The van der Waals surface area contributed by atoms with E-state index in [4.69, 9.17) is 19.2 Å². The van der Waals surface area contributed by atoms with Gasteiger partial charge in [0.25, 0.3) is 0 Å². The normalized spacial score (nSPS) is 17.5. The minimum atomic E-state index is -0.579. The molecule has 1 atom stereocenters. The van der Waals surface area contributed by atoms with Crippen molar-refractivity contribution in [3.8, 4) is 17.2 Å². The van der Waals surface area contributed by atoms with E-state index in [1.807, 2.05) is 55.5 Å². The lowest BCUT2D eigenvalue weighted by Crippen LogP contribution is -2.33. The van der Waals surface area contributed by atoms with Crippen molar-refractivity contribution in [1.29, 1.82) is 0 Å². The summed E-state index contributed by atoms with van der Waals surface area (Å²) in [5.74, 6) is 1.67. The third-order valence-electron chi connectivity index (χ3n) is 5.60. The van der Waals surface area contributed by atoms with E-state index >= 15 is 0 Å². The summed E-state index contributed by atoms with van der Waals surface area (Å²) in [4.78, 5) is 32.5. The monoisotopic (exact) mass is 503 g/mol. The number of ether oxygens (including phenoxy) is 3. The van der Waals surface area contributed by atoms with Gasteiger partial charge < -0.3 is 19.5 Å². The van der Waals surface area contributed by atoms with Crippen LogP contribution in [0.25, 0.3) is 0 Å². The van der Waals surface area contributed by atoms with Crippen molar-refractivity contribution in [2.45, 2.75) is 25.1 Å². The van der Waals surface area contributed by atoms with Crippen molar-refractivity contribution in [1.82, 2.24) is 4.90 Å². The molecular formula is C27H25N3O5S. The number of para-hydroxylation sites is 1. The molecule has 3 aromatic carbocycles. The van der Waals surface area contributed by atoms with Crippen LogP contribution in [0.1, 0.15) is 18.9 Å². The van der Waals surface area contributed by atoms with Gasteiger partial charge in [-0.3, -0.25) is 14.5 Å². The van der Waals surface area contributed by atoms with Gasteiger partial charge in [-0.15, -0.1) is 0 Å². The summed E-state index contributed by atoms with van der Waals surface area (Å²) in [5.41, 5.74) is 2.27. The van der Waals surface area contributed by atoms with Crippen LogP contribution in [0.5, 0.6) is 17.2 Å². The topological polar surface area (TPSA) is 89.5 Å². The second-order valence-electron chi connectivity index (χ2n) is 8.16. The van der Waals surface area contributed by atoms with E-state index in [0.29, 0.717) is 35.5 Å². The number of hydrogen-bond acceptors (Lipinski definition) is 7. The van der Waals surface area contributed by atoms with Crippen molar-refractivity contribution in [2.24, 2.45) is 4.99 Å². The predicted molar refractivity (Wildman–Crippen MR) is 139 cm³/mol. The summed E-state index contributed by atoms with van der Waals surface area (Å²) in [6.07, 6.45) is 0.0299. The molecule has 0 aliphatic carbocycles. The first-order valence-corrected chi connectivity index (χ1v) is 12.5. The minimum Gasteiger partial charge on any atom is -0.494 e. The zero-order valence-corrected chi connectivity index (χ0v) is 20.5. The zero-order valence-electron chi connectivity index (χ0n) is 19.7. The third kappa shape index (κ3) is 5.46. The molecule has 8 nitrogen and oxygen atoms in total. The maximum atomic E-state index is 13.4. The average molecular weight is 504 g/mol. The molecule has 0 radical (unpaired) electrons. The van der Waals surface area contributed by atoms with Crippen LogP contribution < -0.4 is 19.5 Å². The smallest absolute Gasteiger partial charge is 0.242 e. The molecule has 2 aliphatic heterocycles. The van der Waals surface area contributed by atoms with Gasteiger partial charge in [0.15, 0.2) is 16.7 Å². The Morgan fingerprint density at radius 3 is 2.64 bits per heavy atom. The van der Waals surface area contributed by atoms with Crippen LogP contribution in [0, 0.1) is 0 Å². The number of carbonyl (C=O) groups is 2. The average Bonchev–Trinajstić information content (AvgIpc) is 3.46. The lowest BCUT2D eigenvalue weighted by atomic mass is 10.1. The van der Waals surface area contributed by atoms with Gasteiger partial charge in [0.2, 0.25) is 18.6 Å². The molecule has 1 N–H and O–H groups in total. The van der Waals surface area contributed by atoms with Crippen LogP contribution in [-0.2, 0) is 16.1 Å². The molecule has 1 saturated heterocycles. The highest BCUT2D eigenvalue weighted by molar-refractivity contribution is 8.15. The Balaban J connectivity index is 1.32. The summed E-state index contributed by atoms with van der Waals surface area (Å²) in [6, 6.07) is 22.2. The lowest BCUT2D eigenvalue weighted by Gasteiger charge is -2.17. The number of anilines is 1. The van der Waals surface area contributed by atoms with E-state index in [-0.39, 0.29) is 25.0 Å². The second-order valence-corrected chi connectivity index (χ2v) is 9.33. The first kappa shape index (κ1) is 23.7. The van der Waals surface area contributed by atoms with Crippen LogP contribution in [0.4, 0.5) is 11.4 Å². The van der Waals surface area contributed by atoms with Crippen molar-refractivity contribution in [2.75, 3.05) is 18.7 Å². The molecule has 2 aliphatic rings. The Bertz CT molecular complexity index is 1280. The summed E-state index contributed by atoms with van der Waals surface area (Å²) in [7, 11) is 0. The number of aliphatic imine (C=N–C) groups is 1. The standard InChI is InChI=1S/C27H25N3O5S/c1-2-33-21-11-9-20(10-12-21)28-25(31)15-24-26(32)30(27(36-24)29-19-6-4-3-5-7-19)16-18-8-13-22-23(14-18)35-17-34-22/h3-14,24H,2,15-17H2,1H3,(H,28,31)/t24-/m0/s1. The largest absolute Gasteiger partial charge is 0.494 e. The highest BCUT2D eigenvalue weighted by Gasteiger charge is 2.39. The fraction of sp³-hybridized carbons (Fsp3) is 0.222. The molecule has 184 valence electrons. The zero-order chi connectivity index (χ0) is 24.9. The van der Waals surface area contributed by atoms with Gasteiger partial charge in [-0.05, 0) is 61.0 Å². The highest BCUT2D eigenvalue weighted by Crippen LogP contribution is 2.36. The summed E-state index contributed by atoms with van der Waals surface area (Å²) >= 11 is 1.30. The number of nitrogens with zero attached hydrogens (tertiary/aromatic N) is 2. The second kappa shape index (κ2) is 10.7. The molecule has 5 rings (SSSR count). The summed E-state index contributed by atoms with van der Waals surface area (Å²) in [6.45, 7) is 2.98. The van der Waals surface area contributed by atoms with Crippen LogP contribution in [-0.4, -0.2) is 40.5 Å². The van der Waals surface area contributed by atoms with E-state index in [0.717, 1.165) is 17.0 Å². The Morgan fingerprint density at radius 2 is 1.86 bits per heavy atom. The molecule has 1 fully saturated rings. The van der Waals surface area contributed by atoms with E-state index in [2.05, 4.69) is 5.32 Å².